The molecule has 5 nitrogen and oxygen atoms in total. The normalized spacial score (nSPS) is 22.2. The Labute approximate surface area is 115 Å². The number of likely N-dealkylation sites (tertiary alicyclic amines) is 1. The first-order valence-electron chi connectivity index (χ1n) is 6.72. The van der Waals surface area contributed by atoms with Gasteiger partial charge in [0.05, 0.1) is 6.61 Å². The maximum atomic E-state index is 12.2. The molecule has 19 heavy (non-hydrogen) atoms. The Morgan fingerprint density at radius 2 is 1.89 bits per heavy atom. The van der Waals surface area contributed by atoms with Gasteiger partial charge in [-0.15, -0.1) is 0 Å². The minimum Gasteiger partial charge on any atom is -0.464 e. The first kappa shape index (κ1) is 15.8. The van der Waals surface area contributed by atoms with Crippen molar-refractivity contribution in [1.82, 2.24) is 4.90 Å². The third-order valence-corrected chi connectivity index (χ3v) is 2.91. The molecule has 0 unspecified atom stereocenters. The smallest absolute Gasteiger partial charge is 0.411 e. The zero-order valence-corrected chi connectivity index (χ0v) is 12.8. The first-order chi connectivity index (χ1) is 8.56. The molecule has 110 valence electrons. The molecule has 1 heterocycles. The van der Waals surface area contributed by atoms with Crippen LogP contribution in [0.4, 0.5) is 4.79 Å². The minimum absolute atomic E-state index is 0.103. The minimum atomic E-state index is -0.566. The van der Waals surface area contributed by atoms with Crippen LogP contribution in [0.2, 0.25) is 0 Å². The predicted octanol–water partition coefficient (Wildman–Crippen LogP) is 2.59. The molecule has 1 atom stereocenters. The monoisotopic (exact) mass is 271 g/mol. The lowest BCUT2D eigenvalue weighted by Gasteiger charge is -2.27. The van der Waals surface area contributed by atoms with Crippen molar-refractivity contribution in [3.63, 3.8) is 0 Å². The number of nitrogens with zero attached hydrogens (tertiary/aromatic N) is 1. The Hall–Kier alpha value is -1.26. The second kappa shape index (κ2) is 5.39. The number of hydrogen-bond acceptors (Lipinski definition) is 4. The SMILES string of the molecule is CCOC(=O)[C@H]1CC(C)(C)CN1C(=O)OC(C)(C)C. The van der Waals surface area contributed by atoms with E-state index in [-0.39, 0.29) is 11.4 Å². The summed E-state index contributed by atoms with van der Waals surface area (Å²) in [6.07, 6.45) is 0.154. The van der Waals surface area contributed by atoms with E-state index in [9.17, 15) is 9.59 Å². The van der Waals surface area contributed by atoms with Crippen LogP contribution in [0.15, 0.2) is 0 Å². The average molecular weight is 271 g/mol. The van der Waals surface area contributed by atoms with Gasteiger partial charge in [0.25, 0.3) is 0 Å². The van der Waals surface area contributed by atoms with Crippen LogP contribution in [-0.4, -0.2) is 41.8 Å². The Kier molecular flexibility index (Phi) is 4.48. The Morgan fingerprint density at radius 1 is 1.32 bits per heavy atom. The molecular weight excluding hydrogens is 246 g/mol. The third kappa shape index (κ3) is 4.40. The van der Waals surface area contributed by atoms with Gasteiger partial charge >= 0.3 is 12.1 Å². The highest BCUT2D eigenvalue weighted by atomic mass is 16.6. The Balaban J connectivity index is 2.83. The van der Waals surface area contributed by atoms with E-state index in [2.05, 4.69) is 0 Å². The molecule has 0 spiro atoms. The molecule has 5 heteroatoms. The van der Waals surface area contributed by atoms with Gasteiger partial charge in [0.15, 0.2) is 0 Å². The second-order valence-electron chi connectivity index (χ2n) is 6.74. The molecule has 1 amide bonds. The number of esters is 1. The lowest BCUT2D eigenvalue weighted by molar-refractivity contribution is -0.148. The maximum absolute atomic E-state index is 12.2. The van der Waals surface area contributed by atoms with Crippen molar-refractivity contribution in [2.45, 2.75) is 59.6 Å². The van der Waals surface area contributed by atoms with Crippen LogP contribution in [-0.2, 0) is 14.3 Å². The molecule has 0 aromatic carbocycles. The lowest BCUT2D eigenvalue weighted by atomic mass is 9.91. The van der Waals surface area contributed by atoms with Gasteiger partial charge < -0.3 is 9.47 Å². The molecule has 0 radical (unpaired) electrons. The molecule has 0 bridgehead atoms. The zero-order chi connectivity index (χ0) is 14.8. The maximum Gasteiger partial charge on any atom is 0.411 e. The highest BCUT2D eigenvalue weighted by Gasteiger charge is 2.45. The molecule has 0 aromatic heterocycles. The molecule has 1 rings (SSSR count). The van der Waals surface area contributed by atoms with Crippen LogP contribution in [0.5, 0.6) is 0 Å². The summed E-state index contributed by atoms with van der Waals surface area (Å²) < 4.78 is 10.4. The molecule has 1 saturated heterocycles. The van der Waals surface area contributed by atoms with E-state index in [1.54, 1.807) is 6.92 Å². The average Bonchev–Trinajstić information content (AvgIpc) is 2.52. The summed E-state index contributed by atoms with van der Waals surface area (Å²) in [5, 5.41) is 0. The predicted molar refractivity (Wildman–Crippen MR) is 71.8 cm³/mol. The van der Waals surface area contributed by atoms with Crippen molar-refractivity contribution in [1.29, 1.82) is 0 Å². The van der Waals surface area contributed by atoms with Gasteiger partial charge in [-0.2, -0.15) is 0 Å². The van der Waals surface area contributed by atoms with Gasteiger partial charge in [-0.1, -0.05) is 13.8 Å². The van der Waals surface area contributed by atoms with Gasteiger partial charge in [-0.05, 0) is 39.5 Å². The molecule has 1 fully saturated rings. The number of carbonyl (C=O) groups is 2. The van der Waals surface area contributed by atoms with Crippen LogP contribution in [0.1, 0.15) is 48.0 Å². The summed E-state index contributed by atoms with van der Waals surface area (Å²) in [6.45, 7) is 12.1. The summed E-state index contributed by atoms with van der Waals surface area (Å²) in [5.74, 6) is -0.348. The van der Waals surface area contributed by atoms with E-state index in [4.69, 9.17) is 9.47 Å². The van der Waals surface area contributed by atoms with E-state index in [0.717, 1.165) is 0 Å². The van der Waals surface area contributed by atoms with Crippen molar-refractivity contribution in [3.8, 4) is 0 Å². The van der Waals surface area contributed by atoms with Gasteiger partial charge in [0, 0.05) is 6.54 Å². The van der Waals surface area contributed by atoms with Crippen LogP contribution >= 0.6 is 0 Å². The van der Waals surface area contributed by atoms with Gasteiger partial charge in [-0.3, -0.25) is 4.90 Å². The van der Waals surface area contributed by atoms with E-state index in [1.165, 1.54) is 4.90 Å². The fourth-order valence-corrected chi connectivity index (χ4v) is 2.23. The lowest BCUT2D eigenvalue weighted by Crippen LogP contribution is -2.44. The summed E-state index contributed by atoms with van der Waals surface area (Å²) in [6, 6.07) is -0.537. The number of carbonyl (C=O) groups excluding carboxylic acids is 2. The molecule has 1 aliphatic rings. The van der Waals surface area contributed by atoms with E-state index >= 15 is 0 Å². The highest BCUT2D eigenvalue weighted by molar-refractivity contribution is 5.82. The van der Waals surface area contributed by atoms with Crippen LogP contribution in [0.3, 0.4) is 0 Å². The molecule has 0 aliphatic carbocycles. The van der Waals surface area contributed by atoms with Crippen LogP contribution < -0.4 is 0 Å². The quantitative estimate of drug-likeness (QED) is 0.724. The van der Waals surface area contributed by atoms with E-state index in [0.29, 0.717) is 19.6 Å². The Bertz CT molecular complexity index is 357. The molecule has 0 N–H and O–H groups in total. The summed E-state index contributed by atoms with van der Waals surface area (Å²) in [5.41, 5.74) is -0.669. The molecule has 0 aromatic rings. The molecule has 1 aliphatic heterocycles. The standard InChI is InChI=1S/C14H25NO4/c1-7-18-11(16)10-8-14(5,6)9-15(10)12(17)19-13(2,3)4/h10H,7-9H2,1-6H3/t10-/m1/s1. The Morgan fingerprint density at radius 3 is 2.37 bits per heavy atom. The fourth-order valence-electron chi connectivity index (χ4n) is 2.23. The van der Waals surface area contributed by atoms with Crippen molar-refractivity contribution in [2.24, 2.45) is 5.41 Å². The number of rotatable bonds is 2. The van der Waals surface area contributed by atoms with Crippen molar-refractivity contribution >= 4 is 12.1 Å². The van der Waals surface area contributed by atoms with Crippen molar-refractivity contribution in [3.05, 3.63) is 0 Å². The topological polar surface area (TPSA) is 55.8 Å². The number of ether oxygens (including phenoxy) is 2. The van der Waals surface area contributed by atoms with Gasteiger partial charge in [0.2, 0.25) is 0 Å². The van der Waals surface area contributed by atoms with Crippen molar-refractivity contribution < 1.29 is 19.1 Å². The molecule has 0 saturated carbocycles. The summed E-state index contributed by atoms with van der Waals surface area (Å²) in [4.78, 5) is 25.6. The molecular formula is C14H25NO4. The summed E-state index contributed by atoms with van der Waals surface area (Å²) in [7, 11) is 0. The largest absolute Gasteiger partial charge is 0.464 e. The van der Waals surface area contributed by atoms with Gasteiger partial charge in [-0.25, -0.2) is 9.59 Å². The van der Waals surface area contributed by atoms with E-state index in [1.807, 2.05) is 34.6 Å². The van der Waals surface area contributed by atoms with Gasteiger partial charge in [0.1, 0.15) is 11.6 Å². The van der Waals surface area contributed by atoms with Crippen molar-refractivity contribution in [2.75, 3.05) is 13.2 Å². The number of hydrogen-bond donors (Lipinski definition) is 0. The second-order valence-corrected chi connectivity index (χ2v) is 6.74. The van der Waals surface area contributed by atoms with Crippen LogP contribution in [0.25, 0.3) is 0 Å². The fraction of sp³-hybridized carbons (Fsp3) is 0.857. The number of amides is 1. The third-order valence-electron chi connectivity index (χ3n) is 2.91. The highest BCUT2D eigenvalue weighted by Crippen LogP contribution is 2.35. The summed E-state index contributed by atoms with van der Waals surface area (Å²) >= 11 is 0. The van der Waals surface area contributed by atoms with Crippen LogP contribution in [0, 0.1) is 5.41 Å². The first-order valence-corrected chi connectivity index (χ1v) is 6.72. The van der Waals surface area contributed by atoms with E-state index < -0.39 is 17.7 Å². The zero-order valence-electron chi connectivity index (χ0n) is 12.8.